The van der Waals surface area contributed by atoms with E-state index in [1.807, 2.05) is 0 Å². The molecule has 0 aromatic carbocycles. The molecule has 2 nitrogen and oxygen atoms in total. The van der Waals surface area contributed by atoms with Crippen molar-refractivity contribution in [3.63, 3.8) is 0 Å². The van der Waals surface area contributed by atoms with Crippen molar-refractivity contribution in [2.75, 3.05) is 13.1 Å². The average molecular weight is 202 g/mol. The van der Waals surface area contributed by atoms with E-state index in [0.717, 1.165) is 19.4 Å². The molecule has 1 fully saturated rings. The Hall–Kier alpha value is -1.02. The summed E-state index contributed by atoms with van der Waals surface area (Å²) in [5, 5.41) is 0. The molecule has 0 radical (unpaired) electrons. The molecule has 0 spiro atoms. The van der Waals surface area contributed by atoms with Crippen molar-refractivity contribution in [3.8, 4) is 0 Å². The summed E-state index contributed by atoms with van der Waals surface area (Å²) < 4.78 is 0. The van der Waals surface area contributed by atoms with Crippen LogP contribution in [0.5, 0.6) is 0 Å². The zero-order valence-electron chi connectivity index (χ0n) is 9.02. The van der Waals surface area contributed by atoms with Crippen molar-refractivity contribution < 1.29 is 0 Å². The zero-order chi connectivity index (χ0) is 10.3. The van der Waals surface area contributed by atoms with Gasteiger partial charge in [0.05, 0.1) is 0 Å². The number of allylic oxidation sites excluding steroid dienone is 5. The van der Waals surface area contributed by atoms with Crippen molar-refractivity contribution in [1.82, 2.24) is 4.90 Å². The molecule has 0 amide bonds. The quantitative estimate of drug-likeness (QED) is 0.649. The summed E-state index contributed by atoms with van der Waals surface area (Å²) in [6, 6.07) is 0.377. The maximum absolute atomic E-state index is 6.06. The van der Waals surface area contributed by atoms with Crippen molar-refractivity contribution in [2.45, 2.75) is 25.3 Å². The molecule has 2 N–H and O–H groups in total. The topological polar surface area (TPSA) is 29.3 Å². The second kappa shape index (κ2) is 3.53. The van der Waals surface area contributed by atoms with E-state index in [2.05, 4.69) is 29.2 Å². The lowest BCUT2D eigenvalue weighted by molar-refractivity contribution is 0.241. The Kier molecular flexibility index (Phi) is 2.17. The summed E-state index contributed by atoms with van der Waals surface area (Å²) in [7, 11) is 0. The molecule has 3 rings (SSSR count). The van der Waals surface area contributed by atoms with Gasteiger partial charge in [0, 0.05) is 37.2 Å². The van der Waals surface area contributed by atoms with E-state index in [0.29, 0.717) is 12.0 Å². The molecule has 2 aliphatic heterocycles. The third-order valence-corrected chi connectivity index (χ3v) is 3.78. The Labute approximate surface area is 91.1 Å². The standard InChI is InChI=1S/C13H18N2/c14-11-6-8-15-7-5-10-3-1-2-4-12(10)13(15)9-11/h1-4,10-11H,5-9,14H2. The Balaban J connectivity index is 1.98. The molecule has 1 saturated heterocycles. The van der Waals surface area contributed by atoms with Gasteiger partial charge in [-0.05, 0) is 18.4 Å². The maximum Gasteiger partial charge on any atom is 0.0189 e. The Bertz CT molecular complexity index is 352. The number of fused-ring (bicyclic) bond motifs is 2. The van der Waals surface area contributed by atoms with Gasteiger partial charge in [0.15, 0.2) is 0 Å². The van der Waals surface area contributed by atoms with Gasteiger partial charge in [-0.15, -0.1) is 0 Å². The fourth-order valence-corrected chi connectivity index (χ4v) is 2.92. The number of nitrogens with two attached hydrogens (primary N) is 1. The molecular weight excluding hydrogens is 184 g/mol. The van der Waals surface area contributed by atoms with Gasteiger partial charge in [0.25, 0.3) is 0 Å². The summed E-state index contributed by atoms with van der Waals surface area (Å²) in [5.74, 6) is 0.659. The fraction of sp³-hybridized carbons (Fsp3) is 0.538. The highest BCUT2D eigenvalue weighted by Gasteiger charge is 2.29. The molecule has 15 heavy (non-hydrogen) atoms. The first kappa shape index (κ1) is 9.22. The van der Waals surface area contributed by atoms with E-state index in [1.165, 1.54) is 24.2 Å². The fourth-order valence-electron chi connectivity index (χ4n) is 2.92. The van der Waals surface area contributed by atoms with E-state index in [1.54, 1.807) is 0 Å². The first-order valence-corrected chi connectivity index (χ1v) is 5.93. The predicted octanol–water partition coefficient (Wildman–Crippen LogP) is 1.81. The second-order valence-corrected chi connectivity index (χ2v) is 4.78. The molecule has 80 valence electrons. The lowest BCUT2D eigenvalue weighted by Crippen LogP contribution is -2.42. The van der Waals surface area contributed by atoms with Gasteiger partial charge in [-0.3, -0.25) is 0 Å². The monoisotopic (exact) mass is 202 g/mol. The second-order valence-electron chi connectivity index (χ2n) is 4.78. The van der Waals surface area contributed by atoms with Gasteiger partial charge in [0.2, 0.25) is 0 Å². The number of rotatable bonds is 0. The average Bonchev–Trinajstić information content (AvgIpc) is 2.29. The SMILES string of the molecule is NC1CCN2CCC3C=CC=CC3=C2C1. The van der Waals surface area contributed by atoms with Crippen molar-refractivity contribution in [2.24, 2.45) is 11.7 Å². The minimum atomic E-state index is 0.377. The van der Waals surface area contributed by atoms with Crippen LogP contribution in [-0.4, -0.2) is 24.0 Å². The van der Waals surface area contributed by atoms with Crippen LogP contribution in [0.4, 0.5) is 0 Å². The Morgan fingerprint density at radius 3 is 3.00 bits per heavy atom. The molecule has 0 saturated carbocycles. The molecule has 2 heterocycles. The van der Waals surface area contributed by atoms with Crippen LogP contribution in [-0.2, 0) is 0 Å². The van der Waals surface area contributed by atoms with E-state index in [4.69, 9.17) is 5.73 Å². The van der Waals surface area contributed by atoms with Crippen LogP contribution < -0.4 is 5.73 Å². The van der Waals surface area contributed by atoms with Crippen molar-refractivity contribution in [1.29, 1.82) is 0 Å². The van der Waals surface area contributed by atoms with Crippen LogP contribution in [0.2, 0.25) is 0 Å². The molecule has 3 aliphatic rings. The van der Waals surface area contributed by atoms with E-state index in [9.17, 15) is 0 Å². The molecule has 0 bridgehead atoms. The van der Waals surface area contributed by atoms with Gasteiger partial charge in [-0.1, -0.05) is 24.3 Å². The van der Waals surface area contributed by atoms with Crippen molar-refractivity contribution >= 4 is 0 Å². The summed E-state index contributed by atoms with van der Waals surface area (Å²) in [5.41, 5.74) is 9.11. The highest BCUT2D eigenvalue weighted by molar-refractivity contribution is 5.38. The molecule has 2 atom stereocenters. The minimum Gasteiger partial charge on any atom is -0.374 e. The summed E-state index contributed by atoms with van der Waals surface area (Å²) in [6.07, 6.45) is 12.4. The van der Waals surface area contributed by atoms with Crippen LogP contribution in [0, 0.1) is 5.92 Å². The van der Waals surface area contributed by atoms with Crippen molar-refractivity contribution in [3.05, 3.63) is 35.6 Å². The molecule has 0 aromatic rings. The number of piperidine rings is 1. The zero-order valence-corrected chi connectivity index (χ0v) is 9.02. The van der Waals surface area contributed by atoms with Gasteiger partial charge in [0.1, 0.15) is 0 Å². The Morgan fingerprint density at radius 1 is 1.20 bits per heavy atom. The van der Waals surface area contributed by atoms with Crippen LogP contribution in [0.3, 0.4) is 0 Å². The van der Waals surface area contributed by atoms with Gasteiger partial charge >= 0.3 is 0 Å². The smallest absolute Gasteiger partial charge is 0.0189 e. The van der Waals surface area contributed by atoms with E-state index in [-0.39, 0.29) is 0 Å². The Morgan fingerprint density at radius 2 is 2.07 bits per heavy atom. The lowest BCUT2D eigenvalue weighted by Gasteiger charge is -2.41. The summed E-state index contributed by atoms with van der Waals surface area (Å²) in [6.45, 7) is 2.37. The van der Waals surface area contributed by atoms with Crippen LogP contribution in [0.25, 0.3) is 0 Å². The number of hydrogen-bond acceptors (Lipinski definition) is 2. The number of nitrogens with zero attached hydrogens (tertiary/aromatic N) is 1. The third kappa shape index (κ3) is 1.53. The normalized spacial score (nSPS) is 34.1. The highest BCUT2D eigenvalue weighted by atomic mass is 15.2. The molecule has 0 aromatic heterocycles. The van der Waals surface area contributed by atoms with Gasteiger partial charge < -0.3 is 10.6 Å². The summed E-state index contributed by atoms with van der Waals surface area (Å²) >= 11 is 0. The third-order valence-electron chi connectivity index (χ3n) is 3.78. The van der Waals surface area contributed by atoms with Crippen LogP contribution in [0.15, 0.2) is 35.6 Å². The largest absolute Gasteiger partial charge is 0.374 e. The molecule has 1 aliphatic carbocycles. The number of hydrogen-bond donors (Lipinski definition) is 1. The minimum absolute atomic E-state index is 0.377. The first-order valence-electron chi connectivity index (χ1n) is 5.93. The molecule has 2 unspecified atom stereocenters. The van der Waals surface area contributed by atoms with E-state index < -0.39 is 0 Å². The highest BCUT2D eigenvalue weighted by Crippen LogP contribution is 2.35. The van der Waals surface area contributed by atoms with Crippen LogP contribution in [0.1, 0.15) is 19.3 Å². The molecular formula is C13H18N2. The maximum atomic E-state index is 6.06. The predicted molar refractivity (Wildman–Crippen MR) is 62.2 cm³/mol. The molecule has 2 heteroatoms. The van der Waals surface area contributed by atoms with E-state index >= 15 is 0 Å². The van der Waals surface area contributed by atoms with Gasteiger partial charge in [-0.2, -0.15) is 0 Å². The summed E-state index contributed by atoms with van der Waals surface area (Å²) in [4.78, 5) is 2.54. The first-order chi connectivity index (χ1) is 7.34. The van der Waals surface area contributed by atoms with Gasteiger partial charge in [-0.25, -0.2) is 0 Å². The lowest BCUT2D eigenvalue weighted by atomic mass is 9.83. The van der Waals surface area contributed by atoms with Crippen LogP contribution >= 0.6 is 0 Å².